The number of aliphatic carboxylic acids is 2. The quantitative estimate of drug-likeness (QED) is 0.0193. The molecule has 0 aliphatic rings. The number of nitrogens with zero attached hydrogens (tertiary/aromatic N) is 3. The van der Waals surface area contributed by atoms with Crippen LogP contribution in [-0.2, 0) is 38.2 Å². The van der Waals surface area contributed by atoms with E-state index in [1.807, 2.05) is 14.0 Å². The molecule has 0 radical (unpaired) electrons. The number of hydrogen-bond donors (Lipinski definition) is 8. The van der Waals surface area contributed by atoms with Gasteiger partial charge < -0.3 is 77.0 Å². The Balaban J connectivity index is -0.000000136. The van der Waals surface area contributed by atoms with E-state index in [9.17, 15) is 33.9 Å². The summed E-state index contributed by atoms with van der Waals surface area (Å²) < 4.78 is 8.52. The van der Waals surface area contributed by atoms with Crippen molar-refractivity contribution in [1.82, 2.24) is 36.0 Å². The first kappa shape index (κ1) is 91.5. The maximum Gasteiger partial charge on any atom is 0.329 e. The van der Waals surface area contributed by atoms with Gasteiger partial charge in [-0.2, -0.15) is 0 Å². The molecule has 0 aliphatic heterocycles. The van der Waals surface area contributed by atoms with E-state index in [4.69, 9.17) is 15.9 Å². The number of nitrogens with two attached hydrogens (primary N) is 2. The molecule has 0 aromatic carbocycles. The molecule has 1 unspecified atom stereocenters. The number of carboxylic acids is 2. The molecule has 1 atom stereocenters. The zero-order valence-electron chi connectivity index (χ0n) is 53.0. The van der Waals surface area contributed by atoms with Crippen molar-refractivity contribution in [2.75, 3.05) is 134 Å². The highest BCUT2D eigenvalue weighted by molar-refractivity contribution is 5.81. The third-order valence-corrected chi connectivity index (χ3v) is 11.2. The number of aliphatic hydroxyl groups excluding tert-OH is 1. The average Bonchev–Trinajstić information content (AvgIpc) is 3.47. The van der Waals surface area contributed by atoms with Crippen LogP contribution in [0, 0.1) is 5.92 Å². The van der Waals surface area contributed by atoms with Crippen LogP contribution in [0.2, 0.25) is 0 Å². The molecule has 474 valence electrons. The molecule has 0 aromatic rings. The molecule has 0 saturated heterocycles. The Morgan fingerprint density at radius 3 is 1.11 bits per heavy atom. The Morgan fingerprint density at radius 2 is 0.848 bits per heavy atom. The molecule has 79 heavy (non-hydrogen) atoms. The van der Waals surface area contributed by atoms with Crippen molar-refractivity contribution in [3.8, 4) is 0 Å². The van der Waals surface area contributed by atoms with E-state index in [1.165, 1.54) is 131 Å². The van der Waals surface area contributed by atoms with Crippen LogP contribution in [0.1, 0.15) is 183 Å². The van der Waals surface area contributed by atoms with Crippen LogP contribution < -0.4 is 37.8 Å². The number of unbranched alkanes of at least 4 members (excludes halogenated alkanes) is 6. The molecule has 0 spiro atoms. The molecule has 0 rings (SSSR count). The molecule has 10 N–H and O–H groups in total. The Bertz CT molecular complexity index is 1270. The lowest BCUT2D eigenvalue weighted by Gasteiger charge is -2.22. The van der Waals surface area contributed by atoms with Crippen molar-refractivity contribution in [1.29, 1.82) is 0 Å². The lowest BCUT2D eigenvalue weighted by Crippen LogP contribution is -2.32. The summed E-state index contributed by atoms with van der Waals surface area (Å²) in [5, 5.41) is 36.8. The van der Waals surface area contributed by atoms with Crippen molar-refractivity contribution < 1.29 is 53.6 Å². The fraction of sp³-hybridized carbons (Fsp3) is 0.831. The second-order valence-corrected chi connectivity index (χ2v) is 18.3. The van der Waals surface area contributed by atoms with Crippen LogP contribution in [0.4, 0.5) is 0 Å². The van der Waals surface area contributed by atoms with Gasteiger partial charge in [-0.25, -0.2) is 9.59 Å². The van der Waals surface area contributed by atoms with Crippen LogP contribution in [0.3, 0.4) is 0 Å². The summed E-state index contributed by atoms with van der Waals surface area (Å²) in [6.45, 7) is 35.9. The molecular weight excluding hydrogens is 1010 g/mol. The van der Waals surface area contributed by atoms with E-state index in [1.54, 1.807) is 7.05 Å². The van der Waals surface area contributed by atoms with Gasteiger partial charge in [-0.1, -0.05) is 100 Å². The number of rotatable bonds is 43. The largest absolute Gasteiger partial charge is 0.550 e. The first-order valence-corrected chi connectivity index (χ1v) is 29.5. The van der Waals surface area contributed by atoms with Gasteiger partial charge in [0.25, 0.3) is 0 Å². The minimum Gasteiger partial charge on any atom is -0.550 e. The van der Waals surface area contributed by atoms with Crippen molar-refractivity contribution in [3.63, 3.8) is 0 Å². The number of nitrogens with one attached hydrogen (secondary N) is 4. The van der Waals surface area contributed by atoms with Crippen LogP contribution in [0.5, 0.6) is 0 Å². The van der Waals surface area contributed by atoms with Gasteiger partial charge in [-0.05, 0) is 170 Å². The average molecular weight is 1140 g/mol. The highest BCUT2D eigenvalue weighted by atomic mass is 16.5. The van der Waals surface area contributed by atoms with Gasteiger partial charge in [0.2, 0.25) is 11.8 Å². The maximum atomic E-state index is 11.8. The molecule has 2 amide bonds. The molecule has 0 aromatic heterocycles. The first-order chi connectivity index (χ1) is 38.0. The molecule has 0 aliphatic carbocycles. The summed E-state index contributed by atoms with van der Waals surface area (Å²) in [6.07, 6.45) is 23.2. The molecule has 0 saturated carbocycles. The number of ether oxygens (including phenoxy) is 2. The Labute approximate surface area is 483 Å². The molecule has 0 heterocycles. The number of hydrogen-bond acceptors (Lipinski definition) is 17. The maximum absolute atomic E-state index is 11.8. The minimum absolute atomic E-state index is 0.0731. The molecule has 0 fully saturated rings. The third-order valence-electron chi connectivity index (χ3n) is 11.2. The van der Waals surface area contributed by atoms with Crippen LogP contribution in [-0.4, -0.2) is 195 Å². The highest BCUT2D eigenvalue weighted by Crippen LogP contribution is 2.12. The summed E-state index contributed by atoms with van der Waals surface area (Å²) >= 11 is 0. The Morgan fingerprint density at radius 1 is 0.532 bits per heavy atom. The number of carbonyl (C=O) groups is 6. The number of amides is 2. The standard InChI is InChI=1S/C19H38N2O3.C15H33N3O.C11H26N2.C5H11NO2.C4H6O2.C3H4O2.CH5N.CH4O/c1-4-6-14-21(15-7-5-2)16-8-13-20-18(22)11-9-17(3)10-12-19(23)24;1-4-6-12-18(13-7-5-2)14-8-10-17-15(19)9-11-16-3;1-3-5-9-13(10-6-4-2)11-7-8-12;1-6-4-3-5(7)8-2;1-3-4(5)6-2;1-2-3(4)5;2*1-2/h17H,4-16H2,1-3H3,(H,20,22)(H,23,24);16H,4-14H2,1-3H3,(H,17,19);3-12H2,1-2H3;6H,3-4H2,1-2H3;3H,1H2,2H3;2H,1H2,(H,4,5);2H2,1H3;2H,1H3/p-1. The number of carbonyl (C=O) groups excluding carboxylic acids is 5. The monoisotopic (exact) mass is 1140 g/mol. The molecule has 20 nitrogen and oxygen atoms in total. The van der Waals surface area contributed by atoms with Gasteiger partial charge >= 0.3 is 17.9 Å². The summed E-state index contributed by atoms with van der Waals surface area (Å²) in [4.78, 5) is 70.6. The fourth-order valence-corrected chi connectivity index (χ4v) is 6.39. The van der Waals surface area contributed by atoms with E-state index in [0.717, 1.165) is 97.3 Å². The Hall–Kier alpha value is -4.02. The van der Waals surface area contributed by atoms with Crippen molar-refractivity contribution in [3.05, 3.63) is 25.3 Å². The normalized spacial score (nSPS) is 10.2. The SMILES string of the molecule is C=CC(=O)O.C=CC(=O)OC.CCCCN(CCCC)CCCN.CCCCN(CCCC)CCCNC(=O)CCC(C)CCC(=O)[O-].CCCCN(CCCC)CCCNC(=O)CCNC.CN.CNCCC(=O)OC.CO. The van der Waals surface area contributed by atoms with E-state index in [2.05, 4.69) is 106 Å². The van der Waals surface area contributed by atoms with Gasteiger partial charge in [0.1, 0.15) is 0 Å². The molecule has 20 heteroatoms. The first-order valence-electron chi connectivity index (χ1n) is 29.5. The number of esters is 2. The lowest BCUT2D eigenvalue weighted by molar-refractivity contribution is -0.306. The second kappa shape index (κ2) is 82.8. The fourth-order valence-electron chi connectivity index (χ4n) is 6.39. The summed E-state index contributed by atoms with van der Waals surface area (Å²) in [5.74, 6) is -2.08. The van der Waals surface area contributed by atoms with E-state index in [-0.39, 0.29) is 30.1 Å². The number of carboxylic acid groups (broad SMARTS) is 2. The van der Waals surface area contributed by atoms with Gasteiger partial charge in [0.05, 0.1) is 20.6 Å². The summed E-state index contributed by atoms with van der Waals surface area (Å²) in [7, 11) is 8.86. The van der Waals surface area contributed by atoms with Crippen LogP contribution in [0.25, 0.3) is 0 Å². The van der Waals surface area contributed by atoms with Crippen LogP contribution >= 0.6 is 0 Å². The highest BCUT2D eigenvalue weighted by Gasteiger charge is 2.09. The number of methoxy groups -OCH3 is 2. The summed E-state index contributed by atoms with van der Waals surface area (Å²) in [6, 6.07) is 0. The van der Waals surface area contributed by atoms with Crippen LogP contribution in [0.15, 0.2) is 25.3 Å². The van der Waals surface area contributed by atoms with Crippen molar-refractivity contribution in [2.24, 2.45) is 17.4 Å². The van der Waals surface area contributed by atoms with Gasteiger partial charge in [0, 0.05) is 64.3 Å². The predicted octanol–water partition coefficient (Wildman–Crippen LogP) is 6.14. The summed E-state index contributed by atoms with van der Waals surface area (Å²) in [5.41, 5.74) is 10.0. The van der Waals surface area contributed by atoms with E-state index in [0.29, 0.717) is 32.2 Å². The lowest BCUT2D eigenvalue weighted by atomic mass is 10.00. The number of aliphatic hydroxyl groups is 1. The minimum atomic E-state index is -1.01. The van der Waals surface area contributed by atoms with Crippen molar-refractivity contribution >= 4 is 35.7 Å². The van der Waals surface area contributed by atoms with Gasteiger partial charge in [-0.15, -0.1) is 0 Å². The van der Waals surface area contributed by atoms with Gasteiger partial charge in [0.15, 0.2) is 0 Å². The molecule has 0 bridgehead atoms. The third kappa shape index (κ3) is 93.6. The molecular formula is C59H126N9O11-. The van der Waals surface area contributed by atoms with E-state index < -0.39 is 17.9 Å². The second-order valence-electron chi connectivity index (χ2n) is 18.3. The van der Waals surface area contributed by atoms with Crippen molar-refractivity contribution in [2.45, 2.75) is 183 Å². The zero-order valence-corrected chi connectivity index (χ0v) is 53.0. The Kier molecular flexibility index (Phi) is 95.9. The predicted molar refractivity (Wildman–Crippen MR) is 328 cm³/mol. The van der Waals surface area contributed by atoms with E-state index >= 15 is 0 Å². The zero-order chi connectivity index (χ0) is 62.2. The smallest absolute Gasteiger partial charge is 0.329 e. The topological polar surface area (TPSA) is 294 Å². The van der Waals surface area contributed by atoms with Gasteiger partial charge in [-0.3, -0.25) is 14.4 Å².